The third-order valence-electron chi connectivity index (χ3n) is 4.56. The van der Waals surface area contributed by atoms with E-state index in [0.29, 0.717) is 34.4 Å². The van der Waals surface area contributed by atoms with Crippen LogP contribution in [0.3, 0.4) is 0 Å². The van der Waals surface area contributed by atoms with Crippen LogP contribution in [0.4, 0.5) is 5.69 Å². The SMILES string of the molecule is Cc1nn(C)c(Cl)c1C=CC(=O)Nc1cccc(S(=O)(=O)N=C2CCCN2C)c1. The Labute approximate surface area is 174 Å². The standard InChI is InChI=1S/C19H22ClN5O3S/c1-13-16(19(20)25(3)22-13)9-10-18(26)21-14-6-4-7-15(12-14)29(27,28)23-17-8-5-11-24(17)2/h4,6-7,9-10,12H,5,8,11H2,1-3H3,(H,21,26). The Morgan fingerprint density at radius 3 is 2.72 bits per heavy atom. The summed E-state index contributed by atoms with van der Waals surface area (Å²) in [5.74, 6) is 0.131. The van der Waals surface area contributed by atoms with Crippen LogP contribution in [0.15, 0.2) is 39.6 Å². The van der Waals surface area contributed by atoms with Crippen LogP contribution in [-0.4, -0.2) is 48.4 Å². The number of hydrogen-bond donors (Lipinski definition) is 1. The number of anilines is 1. The zero-order valence-corrected chi connectivity index (χ0v) is 18.0. The van der Waals surface area contributed by atoms with E-state index in [2.05, 4.69) is 14.8 Å². The highest BCUT2D eigenvalue weighted by Crippen LogP contribution is 2.21. The normalized spacial score (nSPS) is 16.1. The fourth-order valence-electron chi connectivity index (χ4n) is 3.01. The predicted octanol–water partition coefficient (Wildman–Crippen LogP) is 2.85. The van der Waals surface area contributed by atoms with E-state index in [1.807, 2.05) is 11.9 Å². The zero-order chi connectivity index (χ0) is 21.2. The first-order chi connectivity index (χ1) is 13.7. The summed E-state index contributed by atoms with van der Waals surface area (Å²) >= 11 is 6.14. The Bertz CT molecular complexity index is 1110. The fourth-order valence-corrected chi connectivity index (χ4v) is 4.39. The number of halogens is 1. The molecule has 0 bridgehead atoms. The van der Waals surface area contributed by atoms with E-state index in [0.717, 1.165) is 13.0 Å². The van der Waals surface area contributed by atoms with Gasteiger partial charge in [0, 0.05) is 44.4 Å². The Balaban J connectivity index is 1.76. The molecule has 0 aliphatic carbocycles. The zero-order valence-electron chi connectivity index (χ0n) is 16.4. The minimum Gasteiger partial charge on any atom is -0.362 e. The number of rotatable bonds is 5. The highest BCUT2D eigenvalue weighted by Gasteiger charge is 2.20. The molecule has 1 aromatic heterocycles. The van der Waals surface area contributed by atoms with E-state index in [9.17, 15) is 13.2 Å². The van der Waals surface area contributed by atoms with Crippen LogP contribution >= 0.6 is 11.6 Å². The molecule has 1 aromatic carbocycles. The molecule has 0 unspecified atom stereocenters. The number of carbonyl (C=O) groups is 1. The minimum absolute atomic E-state index is 0.0261. The van der Waals surface area contributed by atoms with Gasteiger partial charge < -0.3 is 10.2 Å². The summed E-state index contributed by atoms with van der Waals surface area (Å²) in [6.45, 7) is 2.58. The van der Waals surface area contributed by atoms with Gasteiger partial charge in [-0.05, 0) is 37.6 Å². The lowest BCUT2D eigenvalue weighted by Gasteiger charge is -2.11. The van der Waals surface area contributed by atoms with E-state index in [4.69, 9.17) is 11.6 Å². The van der Waals surface area contributed by atoms with E-state index >= 15 is 0 Å². The van der Waals surface area contributed by atoms with Gasteiger partial charge in [-0.3, -0.25) is 9.48 Å². The molecular formula is C19H22ClN5O3S. The molecule has 0 spiro atoms. The minimum atomic E-state index is -3.85. The maximum absolute atomic E-state index is 12.6. The molecule has 1 amide bonds. The Kier molecular flexibility index (Phi) is 6.09. The van der Waals surface area contributed by atoms with Crippen molar-refractivity contribution in [3.05, 3.63) is 46.8 Å². The summed E-state index contributed by atoms with van der Waals surface area (Å²) in [6, 6.07) is 6.02. The first kappa shape index (κ1) is 21.1. The lowest BCUT2D eigenvalue weighted by Crippen LogP contribution is -2.20. The fraction of sp³-hybridized carbons (Fsp3) is 0.316. The van der Waals surface area contributed by atoms with Crippen molar-refractivity contribution in [2.75, 3.05) is 18.9 Å². The summed E-state index contributed by atoms with van der Waals surface area (Å²) in [7, 11) is -0.317. The number of aromatic nitrogens is 2. The van der Waals surface area contributed by atoms with Crippen molar-refractivity contribution >= 4 is 45.1 Å². The topological polar surface area (TPSA) is 96.7 Å². The smallest absolute Gasteiger partial charge is 0.284 e. The molecule has 1 saturated heterocycles. The number of amides is 1. The van der Waals surface area contributed by atoms with Gasteiger partial charge in [-0.1, -0.05) is 17.7 Å². The molecule has 154 valence electrons. The van der Waals surface area contributed by atoms with Gasteiger partial charge in [0.2, 0.25) is 5.91 Å². The predicted molar refractivity (Wildman–Crippen MR) is 114 cm³/mol. The number of sulfonamides is 1. The Hall–Kier alpha value is -2.65. The average Bonchev–Trinajstić information content (AvgIpc) is 3.16. The van der Waals surface area contributed by atoms with Crippen LogP contribution in [0.2, 0.25) is 5.15 Å². The van der Waals surface area contributed by atoms with Gasteiger partial charge in [0.25, 0.3) is 10.0 Å². The van der Waals surface area contributed by atoms with Crippen molar-refractivity contribution in [1.82, 2.24) is 14.7 Å². The molecular weight excluding hydrogens is 414 g/mol. The second-order valence-corrected chi connectivity index (χ2v) is 8.73. The van der Waals surface area contributed by atoms with Crippen LogP contribution in [-0.2, 0) is 21.9 Å². The number of hydrogen-bond acceptors (Lipinski definition) is 4. The highest BCUT2D eigenvalue weighted by molar-refractivity contribution is 7.90. The first-order valence-electron chi connectivity index (χ1n) is 9.00. The van der Waals surface area contributed by atoms with Gasteiger partial charge in [-0.25, -0.2) is 0 Å². The lowest BCUT2D eigenvalue weighted by molar-refractivity contribution is -0.111. The first-order valence-corrected chi connectivity index (χ1v) is 10.8. The van der Waals surface area contributed by atoms with Gasteiger partial charge in [0.15, 0.2) is 0 Å². The van der Waals surface area contributed by atoms with Crippen LogP contribution in [0.25, 0.3) is 6.08 Å². The summed E-state index contributed by atoms with van der Waals surface area (Å²) in [4.78, 5) is 14.1. The van der Waals surface area contributed by atoms with Gasteiger partial charge in [0.1, 0.15) is 11.0 Å². The molecule has 0 saturated carbocycles. The molecule has 10 heteroatoms. The molecule has 8 nitrogen and oxygen atoms in total. The van der Waals surface area contributed by atoms with Crippen LogP contribution < -0.4 is 5.32 Å². The van der Waals surface area contributed by atoms with E-state index in [1.165, 1.54) is 22.9 Å². The van der Waals surface area contributed by atoms with Crippen LogP contribution in [0.1, 0.15) is 24.1 Å². The monoisotopic (exact) mass is 435 g/mol. The molecule has 1 fully saturated rings. The number of aryl methyl sites for hydroxylation is 2. The Morgan fingerprint density at radius 1 is 1.34 bits per heavy atom. The van der Waals surface area contributed by atoms with E-state index in [1.54, 1.807) is 32.2 Å². The van der Waals surface area contributed by atoms with Gasteiger partial charge >= 0.3 is 0 Å². The average molecular weight is 436 g/mol. The summed E-state index contributed by atoms with van der Waals surface area (Å²) in [6.07, 6.45) is 4.41. The lowest BCUT2D eigenvalue weighted by atomic mass is 10.2. The highest BCUT2D eigenvalue weighted by atomic mass is 35.5. The quantitative estimate of drug-likeness (QED) is 0.728. The van der Waals surface area contributed by atoms with Crippen LogP contribution in [0, 0.1) is 6.92 Å². The van der Waals surface area contributed by atoms with Gasteiger partial charge in [0.05, 0.1) is 10.6 Å². The maximum atomic E-state index is 12.6. The van der Waals surface area contributed by atoms with Crippen molar-refractivity contribution in [3.63, 3.8) is 0 Å². The number of likely N-dealkylation sites (tertiary alicyclic amines) is 1. The molecule has 0 radical (unpaired) electrons. The number of benzene rings is 1. The molecule has 0 atom stereocenters. The summed E-state index contributed by atoms with van der Waals surface area (Å²) in [5, 5.41) is 7.26. The Morgan fingerprint density at radius 2 is 2.10 bits per heavy atom. The molecule has 2 heterocycles. The molecule has 1 aliphatic heterocycles. The second kappa shape index (κ2) is 8.38. The molecule has 1 N–H and O–H groups in total. The molecule has 2 aromatic rings. The van der Waals surface area contributed by atoms with Crippen LogP contribution in [0.5, 0.6) is 0 Å². The van der Waals surface area contributed by atoms with Crippen molar-refractivity contribution in [2.24, 2.45) is 11.4 Å². The second-order valence-electron chi connectivity index (χ2n) is 6.77. The van der Waals surface area contributed by atoms with E-state index in [-0.39, 0.29) is 4.90 Å². The summed E-state index contributed by atoms with van der Waals surface area (Å²) < 4.78 is 30.7. The van der Waals surface area contributed by atoms with Crippen molar-refractivity contribution in [1.29, 1.82) is 0 Å². The molecule has 29 heavy (non-hydrogen) atoms. The van der Waals surface area contributed by atoms with E-state index < -0.39 is 15.9 Å². The largest absolute Gasteiger partial charge is 0.362 e. The maximum Gasteiger partial charge on any atom is 0.284 e. The number of amidine groups is 1. The van der Waals surface area contributed by atoms with Crippen molar-refractivity contribution < 1.29 is 13.2 Å². The third kappa shape index (κ3) is 4.86. The van der Waals surface area contributed by atoms with Gasteiger partial charge in [-0.15, -0.1) is 4.40 Å². The van der Waals surface area contributed by atoms with Gasteiger partial charge in [-0.2, -0.15) is 13.5 Å². The van der Waals surface area contributed by atoms with Crippen molar-refractivity contribution in [3.8, 4) is 0 Å². The number of carbonyl (C=O) groups excluding carboxylic acids is 1. The third-order valence-corrected chi connectivity index (χ3v) is 6.31. The molecule has 1 aliphatic rings. The molecule has 3 rings (SSSR count). The summed E-state index contributed by atoms with van der Waals surface area (Å²) in [5.41, 5.74) is 1.71. The number of nitrogens with one attached hydrogen (secondary N) is 1. The number of nitrogens with zero attached hydrogens (tertiary/aromatic N) is 4. The van der Waals surface area contributed by atoms with Crippen molar-refractivity contribution in [2.45, 2.75) is 24.7 Å².